The standard InChI is InChI=1S/C16H20FN3O3S2/c1-10(2)14-20(13(9-18)16(3,4)24-14)15(21)19-25(22,23)12-7-5-11(17)6-8-12/h5-8,10,13-14H,1-4H3,(H,19,21)/t13?,14-/m0/s1. The maximum atomic E-state index is 13.0. The molecule has 0 aliphatic carbocycles. The topological polar surface area (TPSA) is 90.3 Å². The van der Waals surface area contributed by atoms with E-state index >= 15 is 0 Å². The lowest BCUT2D eigenvalue weighted by molar-refractivity contribution is 0.177. The van der Waals surface area contributed by atoms with Crippen molar-refractivity contribution in [1.82, 2.24) is 9.62 Å². The second kappa shape index (κ2) is 6.84. The molecule has 1 aliphatic heterocycles. The molecule has 1 aromatic carbocycles. The molecule has 0 saturated carbocycles. The normalized spacial score (nSPS) is 22.7. The van der Waals surface area contributed by atoms with Gasteiger partial charge in [0.05, 0.1) is 16.3 Å². The van der Waals surface area contributed by atoms with Gasteiger partial charge in [-0.25, -0.2) is 22.3 Å². The van der Waals surface area contributed by atoms with Gasteiger partial charge in [-0.15, -0.1) is 11.8 Å². The molecule has 1 heterocycles. The Morgan fingerprint density at radius 3 is 2.40 bits per heavy atom. The number of urea groups is 1. The molecule has 1 unspecified atom stereocenters. The van der Waals surface area contributed by atoms with Gasteiger partial charge in [-0.1, -0.05) is 13.8 Å². The van der Waals surface area contributed by atoms with Crippen LogP contribution in [0.2, 0.25) is 0 Å². The summed E-state index contributed by atoms with van der Waals surface area (Å²) in [5, 5.41) is 9.16. The number of nitrogens with zero attached hydrogens (tertiary/aromatic N) is 2. The first-order valence-electron chi connectivity index (χ1n) is 7.67. The molecule has 0 bridgehead atoms. The van der Waals surface area contributed by atoms with Crippen LogP contribution in [0.5, 0.6) is 0 Å². The third kappa shape index (κ3) is 3.90. The fraction of sp³-hybridized carbons (Fsp3) is 0.500. The third-order valence-corrected chi connectivity index (χ3v) is 7.09. The average Bonchev–Trinajstić information content (AvgIpc) is 2.78. The monoisotopic (exact) mass is 385 g/mol. The Hall–Kier alpha value is -1.79. The maximum absolute atomic E-state index is 13.0. The molecule has 6 nitrogen and oxygen atoms in total. The highest BCUT2D eigenvalue weighted by molar-refractivity contribution is 8.01. The van der Waals surface area contributed by atoms with Gasteiger partial charge in [-0.2, -0.15) is 5.26 Å². The SMILES string of the molecule is CC(C)[C@@H]1SC(C)(C)C(C#N)N1C(=O)NS(=O)(=O)c1ccc(F)cc1. The van der Waals surface area contributed by atoms with E-state index in [1.807, 2.05) is 32.4 Å². The third-order valence-electron chi connectivity index (χ3n) is 3.91. The Morgan fingerprint density at radius 1 is 1.36 bits per heavy atom. The predicted octanol–water partition coefficient (Wildman–Crippen LogP) is 2.93. The van der Waals surface area contributed by atoms with Gasteiger partial charge in [0.1, 0.15) is 11.9 Å². The lowest BCUT2D eigenvalue weighted by Gasteiger charge is -2.29. The van der Waals surface area contributed by atoms with Crippen molar-refractivity contribution in [2.45, 2.75) is 48.8 Å². The fourth-order valence-electron chi connectivity index (χ4n) is 2.66. The number of sulfonamides is 1. The molecule has 1 saturated heterocycles. The quantitative estimate of drug-likeness (QED) is 0.864. The van der Waals surface area contributed by atoms with Crippen molar-refractivity contribution in [2.24, 2.45) is 5.92 Å². The van der Waals surface area contributed by atoms with Gasteiger partial charge in [-0.05, 0) is 44.0 Å². The minimum atomic E-state index is -4.16. The zero-order chi connectivity index (χ0) is 19.0. The molecule has 2 amide bonds. The van der Waals surface area contributed by atoms with E-state index in [1.165, 1.54) is 16.7 Å². The Kier molecular flexibility index (Phi) is 5.35. The average molecular weight is 385 g/mol. The minimum absolute atomic E-state index is 0.0295. The number of hydrogen-bond acceptors (Lipinski definition) is 5. The second-order valence-electron chi connectivity index (χ2n) is 6.66. The van der Waals surface area contributed by atoms with Crippen LogP contribution in [0.25, 0.3) is 0 Å². The van der Waals surface area contributed by atoms with E-state index in [0.717, 1.165) is 24.3 Å². The Bertz CT molecular complexity index is 801. The number of hydrogen-bond donors (Lipinski definition) is 1. The smallest absolute Gasteiger partial charge is 0.294 e. The van der Waals surface area contributed by atoms with Crippen molar-refractivity contribution in [1.29, 1.82) is 5.26 Å². The van der Waals surface area contributed by atoms with Crippen molar-refractivity contribution in [3.05, 3.63) is 30.1 Å². The summed E-state index contributed by atoms with van der Waals surface area (Å²) in [6.07, 6.45) is 0. The van der Waals surface area contributed by atoms with E-state index in [1.54, 1.807) is 0 Å². The zero-order valence-electron chi connectivity index (χ0n) is 14.4. The summed E-state index contributed by atoms with van der Waals surface area (Å²) < 4.78 is 39.2. The first-order valence-corrected chi connectivity index (χ1v) is 10.0. The second-order valence-corrected chi connectivity index (χ2v) is 10.1. The van der Waals surface area contributed by atoms with E-state index in [4.69, 9.17) is 0 Å². The highest BCUT2D eigenvalue weighted by Gasteiger charge is 2.51. The lowest BCUT2D eigenvalue weighted by atomic mass is 10.0. The van der Waals surface area contributed by atoms with Crippen molar-refractivity contribution in [3.63, 3.8) is 0 Å². The summed E-state index contributed by atoms with van der Waals surface area (Å²) in [6.45, 7) is 7.51. The minimum Gasteiger partial charge on any atom is -0.294 e. The highest BCUT2D eigenvalue weighted by Crippen LogP contribution is 2.46. The van der Waals surface area contributed by atoms with Gasteiger partial charge < -0.3 is 0 Å². The summed E-state index contributed by atoms with van der Waals surface area (Å²) >= 11 is 1.47. The lowest BCUT2D eigenvalue weighted by Crippen LogP contribution is -2.51. The van der Waals surface area contributed by atoms with Gasteiger partial charge in [0, 0.05) is 4.75 Å². The predicted molar refractivity (Wildman–Crippen MR) is 93.7 cm³/mol. The summed E-state index contributed by atoms with van der Waals surface area (Å²) in [6, 6.07) is 4.64. The summed E-state index contributed by atoms with van der Waals surface area (Å²) in [5.41, 5.74) is 0. The van der Waals surface area contributed by atoms with Crippen LogP contribution >= 0.6 is 11.8 Å². The molecule has 1 aliphatic rings. The first-order chi connectivity index (χ1) is 11.5. The number of rotatable bonds is 3. The van der Waals surface area contributed by atoms with Crippen molar-refractivity contribution < 1.29 is 17.6 Å². The zero-order valence-corrected chi connectivity index (χ0v) is 16.0. The van der Waals surface area contributed by atoms with Crippen LogP contribution < -0.4 is 4.72 Å². The van der Waals surface area contributed by atoms with Gasteiger partial charge in [0.25, 0.3) is 10.0 Å². The van der Waals surface area contributed by atoms with E-state index in [9.17, 15) is 22.9 Å². The van der Waals surface area contributed by atoms with Gasteiger partial charge in [0.15, 0.2) is 0 Å². The largest absolute Gasteiger partial charge is 0.333 e. The number of nitriles is 1. The molecule has 0 spiro atoms. The van der Waals surface area contributed by atoms with Crippen LogP contribution in [0.4, 0.5) is 9.18 Å². The molecule has 2 atom stereocenters. The molecule has 0 aromatic heterocycles. The maximum Gasteiger partial charge on any atom is 0.333 e. The summed E-state index contributed by atoms with van der Waals surface area (Å²) in [7, 11) is -4.16. The van der Waals surface area contributed by atoms with Crippen molar-refractivity contribution in [2.75, 3.05) is 0 Å². The van der Waals surface area contributed by atoms with E-state index in [0.29, 0.717) is 0 Å². The van der Waals surface area contributed by atoms with Crippen LogP contribution in [-0.2, 0) is 10.0 Å². The van der Waals surface area contributed by atoms with Crippen molar-refractivity contribution in [3.8, 4) is 6.07 Å². The molecule has 2 rings (SSSR count). The molecule has 0 radical (unpaired) electrons. The van der Waals surface area contributed by atoms with Gasteiger partial charge in [-0.3, -0.25) is 4.90 Å². The Balaban J connectivity index is 2.31. The number of nitrogens with one attached hydrogen (secondary N) is 1. The molecular weight excluding hydrogens is 365 g/mol. The number of benzene rings is 1. The van der Waals surface area contributed by atoms with Crippen LogP contribution in [0.1, 0.15) is 27.7 Å². The number of thioether (sulfide) groups is 1. The highest BCUT2D eigenvalue weighted by atomic mass is 32.2. The van der Waals surface area contributed by atoms with Crippen LogP contribution in [0.15, 0.2) is 29.2 Å². The Labute approximate surface area is 151 Å². The molecule has 1 aromatic rings. The summed E-state index contributed by atoms with van der Waals surface area (Å²) in [5.74, 6) is -0.547. The van der Waals surface area contributed by atoms with Crippen molar-refractivity contribution >= 4 is 27.8 Å². The molecule has 136 valence electrons. The van der Waals surface area contributed by atoms with E-state index in [-0.39, 0.29) is 16.2 Å². The first kappa shape index (κ1) is 19.5. The summed E-state index contributed by atoms with van der Waals surface area (Å²) in [4.78, 5) is 13.7. The molecule has 1 N–H and O–H groups in total. The number of amides is 2. The Morgan fingerprint density at radius 2 is 1.92 bits per heavy atom. The molecule has 9 heteroatoms. The van der Waals surface area contributed by atoms with Gasteiger partial charge >= 0.3 is 6.03 Å². The number of carbonyl (C=O) groups excluding carboxylic acids is 1. The fourth-order valence-corrected chi connectivity index (χ4v) is 5.13. The van der Waals surface area contributed by atoms with Gasteiger partial charge in [0.2, 0.25) is 0 Å². The van der Waals surface area contributed by atoms with E-state index < -0.39 is 32.7 Å². The molecule has 1 fully saturated rings. The van der Waals surface area contributed by atoms with Crippen LogP contribution in [0.3, 0.4) is 0 Å². The van der Waals surface area contributed by atoms with E-state index in [2.05, 4.69) is 6.07 Å². The number of halogens is 1. The number of carbonyl (C=O) groups is 1. The van der Waals surface area contributed by atoms with Crippen LogP contribution in [-0.4, -0.2) is 35.5 Å². The molecular formula is C16H20FN3O3S2. The van der Waals surface area contributed by atoms with Crippen LogP contribution in [0, 0.1) is 23.1 Å². The molecule has 25 heavy (non-hydrogen) atoms.